The van der Waals surface area contributed by atoms with Crippen LogP contribution in [0.3, 0.4) is 0 Å². The second-order valence-electron chi connectivity index (χ2n) is 5.87. The Balaban J connectivity index is 1.50. The van der Waals surface area contributed by atoms with Crippen molar-refractivity contribution in [3.05, 3.63) is 12.4 Å². The van der Waals surface area contributed by atoms with Crippen molar-refractivity contribution in [3.8, 4) is 0 Å². The molecule has 0 aromatic carbocycles. The second kappa shape index (κ2) is 5.33. The average Bonchev–Trinajstić information content (AvgIpc) is 3.06. The summed E-state index contributed by atoms with van der Waals surface area (Å²) in [6, 6.07) is 0. The number of aromatic nitrogens is 2. The van der Waals surface area contributed by atoms with Gasteiger partial charge in [0.2, 0.25) is 5.91 Å². The minimum absolute atomic E-state index is 0.120. The zero-order valence-corrected chi connectivity index (χ0v) is 11.3. The molecule has 2 saturated carbocycles. The third kappa shape index (κ3) is 2.81. The Bertz CT molecular complexity index is 457. The van der Waals surface area contributed by atoms with Gasteiger partial charge in [0.1, 0.15) is 6.73 Å². The number of methoxy groups -OCH3 is 1. The molecule has 2 aliphatic carbocycles. The summed E-state index contributed by atoms with van der Waals surface area (Å²) in [7, 11) is 1.62. The van der Waals surface area contributed by atoms with E-state index >= 15 is 0 Å². The summed E-state index contributed by atoms with van der Waals surface area (Å²) >= 11 is 0. The maximum Gasteiger partial charge on any atom is 0.224 e. The molecular weight excluding hydrogens is 242 g/mol. The molecule has 0 aliphatic heterocycles. The van der Waals surface area contributed by atoms with E-state index in [4.69, 9.17) is 4.74 Å². The molecule has 3 rings (SSSR count). The average molecular weight is 263 g/mol. The Morgan fingerprint density at radius 1 is 1.53 bits per heavy atom. The molecule has 0 radical (unpaired) electrons. The lowest BCUT2D eigenvalue weighted by Gasteiger charge is -2.20. The van der Waals surface area contributed by atoms with E-state index in [1.54, 1.807) is 24.2 Å². The van der Waals surface area contributed by atoms with Crippen LogP contribution in [0.1, 0.15) is 32.1 Å². The summed E-state index contributed by atoms with van der Waals surface area (Å²) in [5, 5.41) is 7.04. The van der Waals surface area contributed by atoms with Crippen molar-refractivity contribution in [3.63, 3.8) is 0 Å². The molecular formula is C14H21N3O2. The van der Waals surface area contributed by atoms with E-state index in [2.05, 4.69) is 10.4 Å². The van der Waals surface area contributed by atoms with E-state index in [0.29, 0.717) is 19.1 Å². The quantitative estimate of drug-likeness (QED) is 0.886. The Labute approximate surface area is 113 Å². The summed E-state index contributed by atoms with van der Waals surface area (Å²) in [4.78, 5) is 12.0. The fourth-order valence-corrected chi connectivity index (χ4v) is 3.71. The molecule has 1 N–H and O–H groups in total. The lowest BCUT2D eigenvalue weighted by Crippen LogP contribution is -2.20. The monoisotopic (exact) mass is 263 g/mol. The van der Waals surface area contributed by atoms with Crippen LogP contribution in [0.2, 0.25) is 0 Å². The van der Waals surface area contributed by atoms with Crippen molar-refractivity contribution >= 4 is 11.6 Å². The summed E-state index contributed by atoms with van der Waals surface area (Å²) in [6.07, 6.45) is 9.43. The number of carbonyl (C=O) groups is 1. The predicted molar refractivity (Wildman–Crippen MR) is 71.4 cm³/mol. The van der Waals surface area contributed by atoms with Crippen molar-refractivity contribution in [1.82, 2.24) is 9.78 Å². The van der Waals surface area contributed by atoms with Crippen molar-refractivity contribution in [1.29, 1.82) is 0 Å². The number of nitrogens with zero attached hydrogens (tertiary/aromatic N) is 2. The summed E-state index contributed by atoms with van der Waals surface area (Å²) < 4.78 is 6.63. The van der Waals surface area contributed by atoms with Crippen LogP contribution >= 0.6 is 0 Å². The van der Waals surface area contributed by atoms with Gasteiger partial charge >= 0.3 is 0 Å². The molecule has 104 valence electrons. The highest BCUT2D eigenvalue weighted by molar-refractivity contribution is 5.90. The largest absolute Gasteiger partial charge is 0.362 e. The van der Waals surface area contributed by atoms with Gasteiger partial charge in [0.15, 0.2) is 0 Å². The molecule has 0 spiro atoms. The van der Waals surface area contributed by atoms with Gasteiger partial charge in [-0.15, -0.1) is 0 Å². The van der Waals surface area contributed by atoms with Gasteiger partial charge in [-0.25, -0.2) is 4.68 Å². The molecule has 2 aliphatic rings. The second-order valence-corrected chi connectivity index (χ2v) is 5.87. The maximum atomic E-state index is 12.0. The zero-order valence-electron chi connectivity index (χ0n) is 11.3. The molecule has 19 heavy (non-hydrogen) atoms. The first-order valence-corrected chi connectivity index (χ1v) is 7.06. The number of hydrogen-bond donors (Lipinski definition) is 1. The number of ether oxygens (including phenoxy) is 1. The van der Waals surface area contributed by atoms with Crippen molar-refractivity contribution < 1.29 is 9.53 Å². The Kier molecular flexibility index (Phi) is 3.55. The van der Waals surface area contributed by atoms with E-state index < -0.39 is 0 Å². The minimum Gasteiger partial charge on any atom is -0.362 e. The Morgan fingerprint density at radius 3 is 3.11 bits per heavy atom. The number of hydrogen-bond acceptors (Lipinski definition) is 3. The van der Waals surface area contributed by atoms with E-state index in [1.807, 2.05) is 0 Å². The normalized spacial score (nSPS) is 28.8. The first-order valence-electron chi connectivity index (χ1n) is 7.06. The molecule has 1 amide bonds. The van der Waals surface area contributed by atoms with Crippen LogP contribution in [0.15, 0.2) is 12.4 Å². The van der Waals surface area contributed by atoms with Gasteiger partial charge in [-0.05, 0) is 37.0 Å². The minimum atomic E-state index is 0.120. The zero-order chi connectivity index (χ0) is 13.2. The summed E-state index contributed by atoms with van der Waals surface area (Å²) in [5.74, 6) is 2.42. The highest BCUT2D eigenvalue weighted by atomic mass is 16.5. The molecule has 2 bridgehead atoms. The van der Waals surface area contributed by atoms with Crippen LogP contribution in [-0.4, -0.2) is 22.8 Å². The highest BCUT2D eigenvalue weighted by Gasteiger charge is 2.40. The van der Waals surface area contributed by atoms with Crippen LogP contribution < -0.4 is 5.32 Å². The van der Waals surface area contributed by atoms with Gasteiger partial charge in [-0.1, -0.05) is 6.42 Å². The van der Waals surface area contributed by atoms with Crippen molar-refractivity contribution in [2.45, 2.75) is 38.8 Å². The number of nitrogens with one attached hydrogen (secondary N) is 1. The molecule has 0 saturated heterocycles. The molecule has 1 aromatic rings. The van der Waals surface area contributed by atoms with Crippen LogP contribution in [0.25, 0.3) is 0 Å². The number of carbonyl (C=O) groups excluding carboxylic acids is 1. The predicted octanol–water partition coefficient (Wildman–Crippen LogP) is 2.25. The molecule has 3 unspecified atom stereocenters. The van der Waals surface area contributed by atoms with Gasteiger partial charge in [-0.2, -0.15) is 5.10 Å². The van der Waals surface area contributed by atoms with Crippen molar-refractivity contribution in [2.24, 2.45) is 17.8 Å². The van der Waals surface area contributed by atoms with Gasteiger partial charge < -0.3 is 10.1 Å². The van der Waals surface area contributed by atoms with Crippen molar-refractivity contribution in [2.75, 3.05) is 12.4 Å². The number of anilines is 1. The first kappa shape index (κ1) is 12.7. The van der Waals surface area contributed by atoms with Gasteiger partial charge in [0.25, 0.3) is 0 Å². The molecule has 3 atom stereocenters. The molecule has 5 nitrogen and oxygen atoms in total. The fraction of sp³-hybridized carbons (Fsp3) is 0.714. The lowest BCUT2D eigenvalue weighted by molar-refractivity contribution is -0.117. The molecule has 2 fully saturated rings. The number of rotatable bonds is 5. The Hall–Kier alpha value is -1.36. The van der Waals surface area contributed by atoms with Crippen LogP contribution in [0.5, 0.6) is 0 Å². The van der Waals surface area contributed by atoms with E-state index in [0.717, 1.165) is 17.5 Å². The summed E-state index contributed by atoms with van der Waals surface area (Å²) in [5.41, 5.74) is 0.755. The third-order valence-corrected chi connectivity index (χ3v) is 4.51. The highest BCUT2D eigenvalue weighted by Crippen LogP contribution is 2.49. The number of fused-ring (bicyclic) bond motifs is 2. The number of amides is 1. The van der Waals surface area contributed by atoms with Crippen LogP contribution in [0, 0.1) is 17.8 Å². The van der Waals surface area contributed by atoms with Crippen LogP contribution in [0.4, 0.5) is 5.69 Å². The summed E-state index contributed by atoms with van der Waals surface area (Å²) in [6.45, 7) is 0.405. The first-order chi connectivity index (χ1) is 9.24. The molecule has 1 aromatic heterocycles. The SMILES string of the molecule is COCn1cc(NC(=O)CC2CC3CCC2C3)cn1. The van der Waals surface area contributed by atoms with Gasteiger partial charge in [0, 0.05) is 13.5 Å². The standard InChI is InChI=1S/C14H21N3O2/c1-19-9-17-8-13(7-15-17)16-14(18)6-12-5-10-2-3-11(12)4-10/h7-8,10-12H,2-6,9H2,1H3,(H,16,18). The van der Waals surface area contributed by atoms with Gasteiger partial charge in [-0.3, -0.25) is 4.79 Å². The smallest absolute Gasteiger partial charge is 0.224 e. The van der Waals surface area contributed by atoms with Crippen LogP contribution in [-0.2, 0) is 16.3 Å². The maximum absolute atomic E-state index is 12.0. The lowest BCUT2D eigenvalue weighted by atomic mass is 9.86. The van der Waals surface area contributed by atoms with E-state index in [9.17, 15) is 4.79 Å². The van der Waals surface area contributed by atoms with E-state index in [1.165, 1.54) is 25.7 Å². The fourth-order valence-electron chi connectivity index (χ4n) is 3.71. The molecule has 1 heterocycles. The third-order valence-electron chi connectivity index (χ3n) is 4.51. The molecule has 5 heteroatoms. The van der Waals surface area contributed by atoms with E-state index in [-0.39, 0.29) is 5.91 Å². The topological polar surface area (TPSA) is 56.1 Å². The van der Waals surface area contributed by atoms with Gasteiger partial charge in [0.05, 0.1) is 18.1 Å². The Morgan fingerprint density at radius 2 is 2.42 bits per heavy atom.